The van der Waals surface area contributed by atoms with Gasteiger partial charge in [0.05, 0.1) is 18.2 Å². The van der Waals surface area contributed by atoms with E-state index in [9.17, 15) is 14.7 Å². The number of aliphatic hydroxyl groups is 1. The van der Waals surface area contributed by atoms with Gasteiger partial charge in [-0.05, 0) is 67.9 Å². The summed E-state index contributed by atoms with van der Waals surface area (Å²) in [4.78, 5) is 30.5. The van der Waals surface area contributed by atoms with Crippen molar-refractivity contribution in [2.45, 2.75) is 59.1 Å². The first-order valence-corrected chi connectivity index (χ1v) is 13.4. The predicted molar refractivity (Wildman–Crippen MR) is 144 cm³/mol. The number of hydrogen-bond acceptors (Lipinski definition) is 6. The maximum Gasteiger partial charge on any atom is 0.295 e. The number of benzene rings is 2. The lowest BCUT2D eigenvalue weighted by atomic mass is 9.94. The first-order valence-electron chi connectivity index (χ1n) is 13.4. The molecule has 7 nitrogen and oxygen atoms in total. The highest BCUT2D eigenvalue weighted by Crippen LogP contribution is 2.41. The molecule has 0 radical (unpaired) electrons. The summed E-state index contributed by atoms with van der Waals surface area (Å²) in [6, 6.07) is 12.2. The molecule has 1 saturated heterocycles. The van der Waals surface area contributed by atoms with Crippen molar-refractivity contribution in [3.8, 4) is 11.5 Å². The van der Waals surface area contributed by atoms with Crippen LogP contribution in [0.25, 0.3) is 5.76 Å². The van der Waals surface area contributed by atoms with Crippen LogP contribution in [0, 0.1) is 0 Å². The summed E-state index contributed by atoms with van der Waals surface area (Å²) in [5, 5.41) is 11.5. The van der Waals surface area contributed by atoms with Gasteiger partial charge in [0, 0.05) is 25.1 Å². The van der Waals surface area contributed by atoms with E-state index in [-0.39, 0.29) is 17.4 Å². The van der Waals surface area contributed by atoms with Crippen molar-refractivity contribution >= 4 is 17.4 Å². The Balaban J connectivity index is 1.76. The Morgan fingerprint density at radius 1 is 1.14 bits per heavy atom. The standard InChI is InChI=1S/C30H38N2O5/c1-5-8-16-36-24-11-9-10-21(19-24)27-26(29(34)30(35)32(27)15-14-31(6-2)7-3)28(33)22-12-13-25-23(18-22)17-20(4)37-25/h9-13,18-20,27,33H,5-8,14-17H2,1-4H3/b28-26+/t20-,27+/m1/s1. The number of ether oxygens (including phenoxy) is 2. The molecule has 2 aromatic rings. The van der Waals surface area contributed by atoms with Crippen molar-refractivity contribution < 1.29 is 24.2 Å². The third kappa shape index (κ3) is 5.67. The van der Waals surface area contributed by atoms with E-state index in [0.717, 1.165) is 49.2 Å². The number of amides is 1. The highest BCUT2D eigenvalue weighted by molar-refractivity contribution is 6.46. The van der Waals surface area contributed by atoms with E-state index in [4.69, 9.17) is 9.47 Å². The van der Waals surface area contributed by atoms with Gasteiger partial charge >= 0.3 is 0 Å². The number of carbonyl (C=O) groups excluding carboxylic acids is 2. The maximum absolute atomic E-state index is 13.4. The van der Waals surface area contributed by atoms with Gasteiger partial charge in [-0.25, -0.2) is 0 Å². The van der Waals surface area contributed by atoms with E-state index in [2.05, 4.69) is 25.7 Å². The molecule has 0 aliphatic carbocycles. The van der Waals surface area contributed by atoms with Gasteiger partial charge in [0.15, 0.2) is 0 Å². The smallest absolute Gasteiger partial charge is 0.295 e. The molecular weight excluding hydrogens is 468 g/mol. The average molecular weight is 507 g/mol. The summed E-state index contributed by atoms with van der Waals surface area (Å²) >= 11 is 0. The van der Waals surface area contributed by atoms with Crippen LogP contribution >= 0.6 is 0 Å². The zero-order chi connectivity index (χ0) is 26.5. The molecular formula is C30H38N2O5. The van der Waals surface area contributed by atoms with Gasteiger partial charge < -0.3 is 24.4 Å². The number of nitrogens with zero attached hydrogens (tertiary/aromatic N) is 2. The minimum absolute atomic E-state index is 0.0634. The monoisotopic (exact) mass is 506 g/mol. The third-order valence-electron chi connectivity index (χ3n) is 7.20. The highest BCUT2D eigenvalue weighted by atomic mass is 16.5. The molecule has 37 heavy (non-hydrogen) atoms. The van der Waals surface area contributed by atoms with Gasteiger partial charge in [0.25, 0.3) is 11.7 Å². The Morgan fingerprint density at radius 3 is 2.65 bits per heavy atom. The molecule has 2 aliphatic rings. The molecule has 1 fully saturated rings. The molecule has 1 amide bonds. The summed E-state index contributed by atoms with van der Waals surface area (Å²) in [6.45, 7) is 11.6. The van der Waals surface area contributed by atoms with Gasteiger partial charge in [0.2, 0.25) is 0 Å². The molecule has 2 aromatic carbocycles. The van der Waals surface area contributed by atoms with E-state index >= 15 is 0 Å². The molecule has 2 aliphatic heterocycles. The lowest BCUT2D eigenvalue weighted by Crippen LogP contribution is -2.38. The molecule has 0 bridgehead atoms. The first-order chi connectivity index (χ1) is 17.9. The summed E-state index contributed by atoms with van der Waals surface area (Å²) < 4.78 is 11.7. The first kappa shape index (κ1) is 26.7. The van der Waals surface area contributed by atoms with Crippen LogP contribution in [0.4, 0.5) is 0 Å². The molecule has 1 N–H and O–H groups in total. The number of unbranched alkanes of at least 4 members (excludes halogenated alkanes) is 1. The molecule has 0 spiro atoms. The van der Waals surface area contributed by atoms with E-state index in [1.165, 1.54) is 0 Å². The number of rotatable bonds is 11. The van der Waals surface area contributed by atoms with Gasteiger partial charge in [-0.15, -0.1) is 0 Å². The van der Waals surface area contributed by atoms with E-state index in [1.807, 2.05) is 43.3 Å². The molecule has 198 valence electrons. The number of carbonyl (C=O) groups is 2. The Kier molecular flexibility index (Phi) is 8.54. The summed E-state index contributed by atoms with van der Waals surface area (Å²) in [5.41, 5.74) is 2.35. The fraction of sp³-hybridized carbons (Fsp3) is 0.467. The second-order valence-electron chi connectivity index (χ2n) is 9.75. The number of hydrogen-bond donors (Lipinski definition) is 1. The van der Waals surface area contributed by atoms with Crippen LogP contribution in [-0.2, 0) is 16.0 Å². The van der Waals surface area contributed by atoms with Gasteiger partial charge in [-0.1, -0.05) is 39.3 Å². The zero-order valence-corrected chi connectivity index (χ0v) is 22.3. The van der Waals surface area contributed by atoms with Crippen molar-refractivity contribution in [2.75, 3.05) is 32.8 Å². The normalized spacial score (nSPS) is 20.4. The SMILES string of the molecule is CCCCOc1cccc([C@H]2/C(=C(\O)c3ccc4c(c3)C[C@@H](C)O4)C(=O)C(=O)N2CCN(CC)CC)c1. The van der Waals surface area contributed by atoms with Crippen molar-refractivity contribution in [3.05, 3.63) is 64.7 Å². The van der Waals surface area contributed by atoms with Crippen molar-refractivity contribution in [3.63, 3.8) is 0 Å². The maximum atomic E-state index is 13.4. The van der Waals surface area contributed by atoms with E-state index in [1.54, 1.807) is 11.0 Å². The van der Waals surface area contributed by atoms with Crippen LogP contribution in [0.15, 0.2) is 48.0 Å². The minimum atomic E-state index is -0.700. The topological polar surface area (TPSA) is 79.3 Å². The number of fused-ring (bicyclic) bond motifs is 1. The quantitative estimate of drug-likeness (QED) is 0.201. The van der Waals surface area contributed by atoms with Crippen LogP contribution in [0.3, 0.4) is 0 Å². The second-order valence-corrected chi connectivity index (χ2v) is 9.75. The summed E-state index contributed by atoms with van der Waals surface area (Å²) in [5.74, 6) is 0.0630. The Hall–Kier alpha value is -3.32. The van der Waals surface area contributed by atoms with Crippen LogP contribution in [0.2, 0.25) is 0 Å². The van der Waals surface area contributed by atoms with Crippen molar-refractivity contribution in [1.82, 2.24) is 9.80 Å². The highest BCUT2D eigenvalue weighted by Gasteiger charge is 2.46. The predicted octanol–water partition coefficient (Wildman–Crippen LogP) is 4.95. The van der Waals surface area contributed by atoms with E-state index < -0.39 is 17.7 Å². The number of likely N-dealkylation sites (N-methyl/N-ethyl adjacent to an activating group) is 1. The molecule has 2 atom stereocenters. The van der Waals surface area contributed by atoms with Gasteiger partial charge in [-0.2, -0.15) is 0 Å². The Bertz CT molecular complexity index is 1170. The molecule has 4 rings (SSSR count). The summed E-state index contributed by atoms with van der Waals surface area (Å²) in [6.07, 6.45) is 2.76. The van der Waals surface area contributed by atoms with Crippen molar-refractivity contribution in [1.29, 1.82) is 0 Å². The second kappa shape index (κ2) is 11.8. The number of Topliss-reactive ketones (excluding diaryl/α,β-unsaturated/α-hetero) is 1. The Labute approximate surface area is 219 Å². The lowest BCUT2D eigenvalue weighted by Gasteiger charge is -2.28. The molecule has 0 aromatic heterocycles. The largest absolute Gasteiger partial charge is 0.507 e. The third-order valence-corrected chi connectivity index (χ3v) is 7.20. The number of ketones is 1. The van der Waals surface area contributed by atoms with Crippen LogP contribution in [0.5, 0.6) is 11.5 Å². The molecule has 7 heteroatoms. The van der Waals surface area contributed by atoms with Crippen LogP contribution in [0.1, 0.15) is 63.3 Å². The average Bonchev–Trinajstić information content (AvgIpc) is 3.40. The fourth-order valence-electron chi connectivity index (χ4n) is 5.08. The minimum Gasteiger partial charge on any atom is -0.507 e. The van der Waals surface area contributed by atoms with Crippen LogP contribution in [-0.4, -0.2) is 65.5 Å². The molecule has 0 unspecified atom stereocenters. The summed E-state index contributed by atoms with van der Waals surface area (Å²) in [7, 11) is 0. The van der Waals surface area contributed by atoms with Gasteiger partial charge in [-0.3, -0.25) is 9.59 Å². The molecule has 0 saturated carbocycles. The van der Waals surface area contributed by atoms with Crippen LogP contribution < -0.4 is 9.47 Å². The fourth-order valence-corrected chi connectivity index (χ4v) is 5.08. The number of aliphatic hydroxyl groups excluding tert-OH is 1. The Morgan fingerprint density at radius 2 is 1.92 bits per heavy atom. The van der Waals surface area contributed by atoms with E-state index in [0.29, 0.717) is 31.0 Å². The lowest BCUT2D eigenvalue weighted by molar-refractivity contribution is -0.140. The molecule has 2 heterocycles. The van der Waals surface area contributed by atoms with Crippen molar-refractivity contribution in [2.24, 2.45) is 0 Å². The van der Waals surface area contributed by atoms with Gasteiger partial charge in [0.1, 0.15) is 23.4 Å². The number of likely N-dealkylation sites (tertiary alicyclic amines) is 1. The zero-order valence-electron chi connectivity index (χ0n) is 22.3.